The van der Waals surface area contributed by atoms with Crippen LogP contribution >= 0.6 is 11.3 Å². The molecule has 0 aliphatic carbocycles. The van der Waals surface area contributed by atoms with Crippen LogP contribution in [0.2, 0.25) is 0 Å². The maximum absolute atomic E-state index is 6.25. The van der Waals surface area contributed by atoms with Gasteiger partial charge in [-0.25, -0.2) is 0 Å². The zero-order chi connectivity index (χ0) is 12.8. The van der Waals surface area contributed by atoms with E-state index in [-0.39, 0.29) is 24.3 Å². The second kappa shape index (κ2) is 4.09. The van der Waals surface area contributed by atoms with E-state index in [0.717, 1.165) is 4.88 Å². The summed E-state index contributed by atoms with van der Waals surface area (Å²) in [6.45, 7) is 10.2. The highest BCUT2D eigenvalue weighted by Gasteiger charge is 2.53. The lowest BCUT2D eigenvalue weighted by Crippen LogP contribution is -2.41. The average molecular weight is 253 g/mol. The third-order valence-corrected chi connectivity index (χ3v) is 4.89. The van der Waals surface area contributed by atoms with E-state index >= 15 is 0 Å². The molecule has 0 radical (unpaired) electrons. The monoisotopic (exact) mass is 253 g/mol. The summed E-state index contributed by atoms with van der Waals surface area (Å²) in [5.74, 6) is -0.212. The molecule has 0 amide bonds. The smallest absolute Gasteiger partial charge is 0.402 e. The minimum absolute atomic E-state index is 0.212. The largest absolute Gasteiger partial charge is 0.481 e. The van der Waals surface area contributed by atoms with E-state index in [4.69, 9.17) is 15.0 Å². The van der Waals surface area contributed by atoms with E-state index in [9.17, 15) is 0 Å². The summed E-state index contributed by atoms with van der Waals surface area (Å²) in [7, 11) is -0.364. The summed E-state index contributed by atoms with van der Waals surface area (Å²) in [5, 5.41) is 2.05. The fourth-order valence-corrected chi connectivity index (χ4v) is 2.83. The minimum Gasteiger partial charge on any atom is -0.402 e. The van der Waals surface area contributed by atoms with E-state index in [1.165, 1.54) is 5.56 Å². The molecule has 17 heavy (non-hydrogen) atoms. The molecule has 0 aromatic carbocycles. The normalized spacial score (nSPS) is 24.0. The van der Waals surface area contributed by atoms with Crippen molar-refractivity contribution >= 4 is 18.5 Å². The van der Waals surface area contributed by atoms with Crippen molar-refractivity contribution in [2.75, 3.05) is 0 Å². The molecule has 94 valence electrons. The maximum atomic E-state index is 6.25. The quantitative estimate of drug-likeness (QED) is 0.824. The van der Waals surface area contributed by atoms with Gasteiger partial charge in [-0.1, -0.05) is 0 Å². The van der Waals surface area contributed by atoms with Crippen molar-refractivity contribution in [3.05, 3.63) is 21.9 Å². The number of nitrogens with two attached hydrogens (primary N) is 1. The van der Waals surface area contributed by atoms with E-state index in [2.05, 4.69) is 18.4 Å². The Balaban J connectivity index is 2.19. The SMILES string of the molecule is Cc1ccsc1[C@@H](N)B1OC(C)(C)C(C)(C)O1. The molecule has 3 nitrogen and oxygen atoms in total. The first-order chi connectivity index (χ1) is 7.74. The molecule has 0 bridgehead atoms. The van der Waals surface area contributed by atoms with Gasteiger partial charge >= 0.3 is 7.12 Å². The van der Waals surface area contributed by atoms with Crippen LogP contribution in [0, 0.1) is 6.92 Å². The van der Waals surface area contributed by atoms with Crippen LogP contribution in [-0.2, 0) is 9.31 Å². The van der Waals surface area contributed by atoms with Crippen molar-refractivity contribution in [3.8, 4) is 0 Å². The van der Waals surface area contributed by atoms with Crippen molar-refractivity contribution in [3.63, 3.8) is 0 Å². The summed E-state index contributed by atoms with van der Waals surface area (Å²) in [6, 6.07) is 2.07. The predicted octanol–water partition coefficient (Wildman–Crippen LogP) is 2.69. The first kappa shape index (κ1) is 13.1. The standard InChI is InChI=1S/C12H20BNO2S/c1-8-6-7-17-9(8)10(14)13-15-11(2,3)12(4,5)16-13/h6-7,10H,14H2,1-5H3/t10-/m1/s1. The van der Waals surface area contributed by atoms with Crippen LogP contribution in [0.1, 0.15) is 44.1 Å². The van der Waals surface area contributed by atoms with E-state index in [1.807, 2.05) is 27.7 Å². The van der Waals surface area contributed by atoms with Gasteiger partial charge in [-0.05, 0) is 51.6 Å². The number of hydrogen-bond donors (Lipinski definition) is 1. The molecular weight excluding hydrogens is 233 g/mol. The van der Waals surface area contributed by atoms with Gasteiger partial charge in [0.15, 0.2) is 0 Å². The van der Waals surface area contributed by atoms with Crippen molar-refractivity contribution < 1.29 is 9.31 Å². The van der Waals surface area contributed by atoms with E-state index in [0.29, 0.717) is 0 Å². The highest BCUT2D eigenvalue weighted by atomic mass is 32.1. The van der Waals surface area contributed by atoms with Crippen LogP contribution in [0.3, 0.4) is 0 Å². The number of thiophene rings is 1. The molecule has 0 unspecified atom stereocenters. The summed E-state index contributed by atoms with van der Waals surface area (Å²) in [5.41, 5.74) is 6.82. The third kappa shape index (κ3) is 2.17. The summed E-state index contributed by atoms with van der Waals surface area (Å²) >= 11 is 1.66. The molecule has 0 saturated carbocycles. The summed E-state index contributed by atoms with van der Waals surface area (Å²) < 4.78 is 11.9. The third-order valence-electron chi connectivity index (χ3n) is 3.77. The molecule has 2 rings (SSSR count). The van der Waals surface area contributed by atoms with Gasteiger partial charge in [0.2, 0.25) is 0 Å². The fourth-order valence-electron chi connectivity index (χ4n) is 1.88. The zero-order valence-electron chi connectivity index (χ0n) is 11.1. The van der Waals surface area contributed by atoms with Crippen LogP contribution < -0.4 is 5.73 Å². The first-order valence-electron chi connectivity index (χ1n) is 5.90. The van der Waals surface area contributed by atoms with Gasteiger partial charge in [-0.3, -0.25) is 0 Å². The van der Waals surface area contributed by atoms with Gasteiger partial charge in [0.25, 0.3) is 0 Å². The van der Waals surface area contributed by atoms with Gasteiger partial charge in [0.1, 0.15) is 0 Å². The Morgan fingerprint density at radius 1 is 1.24 bits per heavy atom. The topological polar surface area (TPSA) is 44.5 Å². The molecule has 1 saturated heterocycles. The summed E-state index contributed by atoms with van der Waals surface area (Å²) in [4.78, 5) is 1.14. The molecule has 1 fully saturated rings. The number of hydrogen-bond acceptors (Lipinski definition) is 4. The summed E-state index contributed by atoms with van der Waals surface area (Å²) in [6.07, 6.45) is 0. The van der Waals surface area contributed by atoms with Gasteiger partial charge in [0.05, 0.1) is 17.1 Å². The number of aryl methyl sites for hydroxylation is 1. The van der Waals surface area contributed by atoms with Crippen molar-refractivity contribution in [2.45, 2.75) is 51.8 Å². The molecule has 1 atom stereocenters. The van der Waals surface area contributed by atoms with Gasteiger partial charge < -0.3 is 15.0 Å². The lowest BCUT2D eigenvalue weighted by atomic mass is 9.77. The molecule has 0 spiro atoms. The van der Waals surface area contributed by atoms with Crippen LogP contribution in [0.4, 0.5) is 0 Å². The Labute approximate surface area is 107 Å². The predicted molar refractivity (Wildman–Crippen MR) is 72.1 cm³/mol. The highest BCUT2D eigenvalue weighted by Crippen LogP contribution is 2.40. The Morgan fingerprint density at radius 2 is 1.76 bits per heavy atom. The molecular formula is C12H20BNO2S. The molecule has 1 aliphatic heterocycles. The van der Waals surface area contributed by atoms with Crippen LogP contribution in [0.25, 0.3) is 0 Å². The van der Waals surface area contributed by atoms with Crippen molar-refractivity contribution in [1.29, 1.82) is 0 Å². The highest BCUT2D eigenvalue weighted by molar-refractivity contribution is 7.10. The Morgan fingerprint density at radius 3 is 2.18 bits per heavy atom. The minimum atomic E-state index is -0.364. The van der Waals surface area contributed by atoms with Gasteiger partial charge in [-0.2, -0.15) is 0 Å². The second-order valence-corrected chi connectivity index (χ2v) is 6.57. The molecule has 2 heterocycles. The lowest BCUT2D eigenvalue weighted by Gasteiger charge is -2.32. The van der Waals surface area contributed by atoms with E-state index < -0.39 is 0 Å². The number of rotatable bonds is 2. The molecule has 1 aromatic rings. The van der Waals surface area contributed by atoms with Crippen LogP contribution in [-0.4, -0.2) is 18.3 Å². The lowest BCUT2D eigenvalue weighted by molar-refractivity contribution is 0.00578. The van der Waals surface area contributed by atoms with Gasteiger partial charge in [0, 0.05) is 4.88 Å². The van der Waals surface area contributed by atoms with E-state index in [1.54, 1.807) is 11.3 Å². The molecule has 1 aromatic heterocycles. The Kier molecular flexibility index (Phi) is 3.15. The average Bonchev–Trinajstić information content (AvgIpc) is 2.68. The van der Waals surface area contributed by atoms with Gasteiger partial charge in [-0.15, -0.1) is 11.3 Å². The van der Waals surface area contributed by atoms with Crippen molar-refractivity contribution in [1.82, 2.24) is 0 Å². The Bertz CT molecular complexity index is 400. The first-order valence-corrected chi connectivity index (χ1v) is 6.78. The van der Waals surface area contributed by atoms with Crippen LogP contribution in [0.15, 0.2) is 11.4 Å². The zero-order valence-corrected chi connectivity index (χ0v) is 11.9. The van der Waals surface area contributed by atoms with Crippen molar-refractivity contribution in [2.24, 2.45) is 5.73 Å². The Hall–Kier alpha value is -0.355. The maximum Gasteiger partial charge on any atom is 0.481 e. The molecule has 5 heteroatoms. The fraction of sp³-hybridized carbons (Fsp3) is 0.667. The molecule has 1 aliphatic rings. The molecule has 2 N–H and O–H groups in total. The van der Waals surface area contributed by atoms with Crippen LogP contribution in [0.5, 0.6) is 0 Å². The second-order valence-electron chi connectivity index (χ2n) is 5.62.